The maximum Gasteiger partial charge on any atom is 0.264 e. The first-order valence-electron chi connectivity index (χ1n) is 6.42. The van der Waals surface area contributed by atoms with Crippen LogP contribution >= 0.6 is 12.2 Å². The van der Waals surface area contributed by atoms with E-state index in [1.165, 1.54) is 4.90 Å². The number of carbonyl (C=O) groups excluding carboxylic acids is 1. The van der Waals surface area contributed by atoms with Crippen LogP contribution in [-0.4, -0.2) is 36.7 Å². The molecule has 1 heterocycles. The van der Waals surface area contributed by atoms with Gasteiger partial charge in [-0.2, -0.15) is 0 Å². The van der Waals surface area contributed by atoms with Crippen molar-refractivity contribution in [3.05, 3.63) is 29.8 Å². The van der Waals surface area contributed by atoms with Crippen LogP contribution in [0.1, 0.15) is 18.9 Å². The van der Waals surface area contributed by atoms with Crippen LogP contribution in [0.3, 0.4) is 0 Å². The zero-order valence-electron chi connectivity index (χ0n) is 11.8. The van der Waals surface area contributed by atoms with E-state index < -0.39 is 5.79 Å². The zero-order chi connectivity index (χ0) is 14.8. The summed E-state index contributed by atoms with van der Waals surface area (Å²) in [6, 6.07) is 7.54. The second-order valence-corrected chi connectivity index (χ2v) is 5.08. The van der Waals surface area contributed by atoms with Crippen molar-refractivity contribution < 1.29 is 14.3 Å². The highest BCUT2D eigenvalue weighted by atomic mass is 32.1. The van der Waals surface area contributed by atoms with Gasteiger partial charge < -0.3 is 19.7 Å². The Labute approximate surface area is 123 Å². The molecule has 1 N–H and O–H groups in total. The summed E-state index contributed by atoms with van der Waals surface area (Å²) in [5, 5.41) is 3.19. The Hall–Kier alpha value is -1.66. The van der Waals surface area contributed by atoms with Gasteiger partial charge in [0.15, 0.2) is 0 Å². The van der Waals surface area contributed by atoms with Crippen LogP contribution in [0.25, 0.3) is 0 Å². The second-order valence-electron chi connectivity index (χ2n) is 4.71. The predicted octanol–water partition coefficient (Wildman–Crippen LogP) is 2.08. The number of nitrogens with zero attached hydrogens (tertiary/aromatic N) is 1. The van der Waals surface area contributed by atoms with Crippen molar-refractivity contribution in [2.24, 2.45) is 0 Å². The van der Waals surface area contributed by atoms with E-state index in [4.69, 9.17) is 21.7 Å². The lowest BCUT2D eigenvalue weighted by molar-refractivity contribution is -0.205. The highest BCUT2D eigenvalue weighted by Crippen LogP contribution is 2.40. The van der Waals surface area contributed by atoms with Gasteiger partial charge in [0.25, 0.3) is 11.0 Å². The first-order valence-corrected chi connectivity index (χ1v) is 6.83. The first kappa shape index (κ1) is 14.7. The summed E-state index contributed by atoms with van der Waals surface area (Å²) >= 11 is 5.13. The third-order valence-corrected chi connectivity index (χ3v) is 3.28. The highest BCUT2D eigenvalue weighted by molar-refractivity contribution is 7.80. The molecule has 1 unspecified atom stereocenters. The van der Waals surface area contributed by atoms with Crippen LogP contribution in [0.15, 0.2) is 24.3 Å². The topological polar surface area (TPSA) is 50.8 Å². The number of ether oxygens (including phenoxy) is 2. The van der Waals surface area contributed by atoms with E-state index in [1.54, 1.807) is 14.1 Å². The number of benzene rings is 1. The fraction of sp³-hybridized carbons (Fsp3) is 0.429. The molecule has 1 atom stereocenters. The Kier molecular flexibility index (Phi) is 4.25. The predicted molar refractivity (Wildman–Crippen MR) is 80.4 cm³/mol. The van der Waals surface area contributed by atoms with Gasteiger partial charge in [-0.05, 0) is 25.2 Å². The molecule has 1 aliphatic heterocycles. The van der Waals surface area contributed by atoms with E-state index in [0.29, 0.717) is 6.61 Å². The average molecular weight is 294 g/mol. The Balaban J connectivity index is 2.45. The largest absolute Gasteiger partial charge is 0.433 e. The number of carbonyl (C=O) groups is 1. The summed E-state index contributed by atoms with van der Waals surface area (Å²) in [7, 11) is 3.40. The average Bonchev–Trinajstić information content (AvgIpc) is 2.38. The molecular weight excluding hydrogens is 276 g/mol. The number of para-hydroxylation sites is 1. The molecule has 1 amide bonds. The summed E-state index contributed by atoms with van der Waals surface area (Å²) in [6.45, 7) is 2.27. The van der Waals surface area contributed by atoms with Crippen molar-refractivity contribution in [1.29, 1.82) is 0 Å². The van der Waals surface area contributed by atoms with E-state index in [1.807, 2.05) is 31.2 Å². The minimum atomic E-state index is -1.16. The third kappa shape index (κ3) is 2.76. The van der Waals surface area contributed by atoms with Crippen molar-refractivity contribution in [3.8, 4) is 0 Å². The van der Waals surface area contributed by atoms with Gasteiger partial charge in [0.05, 0.1) is 12.1 Å². The van der Waals surface area contributed by atoms with E-state index in [9.17, 15) is 4.79 Å². The van der Waals surface area contributed by atoms with Crippen molar-refractivity contribution in [2.45, 2.75) is 19.1 Å². The second kappa shape index (κ2) is 5.76. The van der Waals surface area contributed by atoms with Gasteiger partial charge in [0, 0.05) is 26.3 Å². The molecule has 0 aromatic heterocycles. The van der Waals surface area contributed by atoms with Gasteiger partial charge >= 0.3 is 0 Å². The van der Waals surface area contributed by atoms with Gasteiger partial charge in [-0.15, -0.1) is 0 Å². The van der Waals surface area contributed by atoms with Crippen LogP contribution < -0.4 is 5.32 Å². The molecule has 20 heavy (non-hydrogen) atoms. The number of fused-ring (bicyclic) bond motifs is 1. The molecule has 5 nitrogen and oxygen atoms in total. The van der Waals surface area contributed by atoms with E-state index >= 15 is 0 Å². The van der Waals surface area contributed by atoms with Gasteiger partial charge in [-0.25, -0.2) is 0 Å². The van der Waals surface area contributed by atoms with E-state index in [-0.39, 0.29) is 17.5 Å². The molecule has 0 spiro atoms. The van der Waals surface area contributed by atoms with Crippen LogP contribution in [-0.2, 0) is 20.1 Å². The molecule has 0 saturated carbocycles. The summed E-state index contributed by atoms with van der Waals surface area (Å²) in [5.41, 5.74) is 1.59. The molecule has 108 valence electrons. The van der Waals surface area contributed by atoms with Crippen molar-refractivity contribution in [1.82, 2.24) is 4.90 Å². The SMILES string of the molecule is CCOC1(CC(=O)N(C)C)OC(=S)Nc2ccccc21. The fourth-order valence-electron chi connectivity index (χ4n) is 2.14. The summed E-state index contributed by atoms with van der Waals surface area (Å²) in [4.78, 5) is 13.6. The third-order valence-electron chi connectivity index (χ3n) is 3.09. The molecule has 0 radical (unpaired) electrons. The molecule has 0 fully saturated rings. The minimum absolute atomic E-state index is 0.0761. The quantitative estimate of drug-likeness (QED) is 0.862. The Morgan fingerprint density at radius 1 is 1.45 bits per heavy atom. The number of nitrogens with one attached hydrogen (secondary N) is 1. The number of hydrogen-bond acceptors (Lipinski definition) is 4. The normalized spacial score (nSPS) is 20.6. The Morgan fingerprint density at radius 3 is 2.80 bits per heavy atom. The lowest BCUT2D eigenvalue weighted by Gasteiger charge is -2.39. The number of anilines is 1. The fourth-order valence-corrected chi connectivity index (χ4v) is 2.39. The minimum Gasteiger partial charge on any atom is -0.433 e. The van der Waals surface area contributed by atoms with Gasteiger partial charge in [0.2, 0.25) is 5.91 Å². The number of amides is 1. The van der Waals surface area contributed by atoms with E-state index in [0.717, 1.165) is 11.3 Å². The number of rotatable bonds is 4. The lowest BCUT2D eigenvalue weighted by atomic mass is 9.98. The number of hydrogen-bond donors (Lipinski definition) is 1. The summed E-state index contributed by atoms with van der Waals surface area (Å²) < 4.78 is 11.5. The van der Waals surface area contributed by atoms with Crippen LogP contribution in [0.2, 0.25) is 0 Å². The summed E-state index contributed by atoms with van der Waals surface area (Å²) in [5.74, 6) is -1.24. The van der Waals surface area contributed by atoms with Gasteiger partial charge in [-0.1, -0.05) is 18.2 Å². The Morgan fingerprint density at radius 2 is 2.15 bits per heavy atom. The Bertz CT molecular complexity index is 533. The molecular formula is C14H18N2O3S. The summed E-state index contributed by atoms with van der Waals surface area (Å²) in [6.07, 6.45) is 0.0761. The lowest BCUT2D eigenvalue weighted by Crippen LogP contribution is -2.45. The van der Waals surface area contributed by atoms with Crippen molar-refractivity contribution >= 4 is 29.0 Å². The molecule has 1 aromatic carbocycles. The molecule has 1 aromatic rings. The molecule has 0 aliphatic carbocycles. The zero-order valence-corrected chi connectivity index (χ0v) is 12.6. The molecule has 0 saturated heterocycles. The molecule has 0 bridgehead atoms. The molecule has 6 heteroatoms. The maximum atomic E-state index is 12.1. The smallest absolute Gasteiger partial charge is 0.264 e. The monoisotopic (exact) mass is 294 g/mol. The van der Waals surface area contributed by atoms with Crippen LogP contribution in [0.4, 0.5) is 5.69 Å². The van der Waals surface area contributed by atoms with Crippen molar-refractivity contribution in [3.63, 3.8) is 0 Å². The number of thiocarbonyl (C=S) groups is 1. The first-order chi connectivity index (χ1) is 9.48. The molecule has 1 aliphatic rings. The molecule has 2 rings (SSSR count). The van der Waals surface area contributed by atoms with Crippen LogP contribution in [0.5, 0.6) is 0 Å². The van der Waals surface area contributed by atoms with Gasteiger partial charge in [0.1, 0.15) is 0 Å². The highest BCUT2D eigenvalue weighted by Gasteiger charge is 2.44. The van der Waals surface area contributed by atoms with Crippen molar-refractivity contribution in [2.75, 3.05) is 26.0 Å². The van der Waals surface area contributed by atoms with Gasteiger partial charge in [-0.3, -0.25) is 4.79 Å². The standard InChI is InChI=1S/C14H18N2O3S/c1-4-18-14(9-12(17)16(2)3)10-7-5-6-8-11(10)15-13(20)19-14/h5-8H,4,9H2,1-3H3,(H,15,20). The van der Waals surface area contributed by atoms with Crippen LogP contribution in [0, 0.1) is 0 Å². The maximum absolute atomic E-state index is 12.1. The van der Waals surface area contributed by atoms with E-state index in [2.05, 4.69) is 5.32 Å².